The summed E-state index contributed by atoms with van der Waals surface area (Å²) in [4.78, 5) is 12.3. The first-order valence-corrected chi connectivity index (χ1v) is 7.35. The van der Waals surface area contributed by atoms with Crippen LogP contribution in [0.2, 0.25) is 0 Å². The molecule has 19 heavy (non-hydrogen) atoms. The van der Waals surface area contributed by atoms with E-state index in [1.54, 1.807) is 0 Å². The number of carbonyl (C=O) groups excluding carboxylic acids is 1. The Bertz CT molecular complexity index is 431. The fourth-order valence-corrected chi connectivity index (χ4v) is 2.67. The van der Waals surface area contributed by atoms with Gasteiger partial charge in [-0.05, 0) is 30.4 Å². The fraction of sp³-hybridized carbons (Fsp3) is 0.562. The second-order valence-electron chi connectivity index (χ2n) is 5.31. The number of rotatable bonds is 5. The lowest BCUT2D eigenvalue weighted by molar-refractivity contribution is -0.124. The Kier molecular flexibility index (Phi) is 4.97. The first kappa shape index (κ1) is 14.1. The molecule has 0 bridgehead atoms. The number of carbonyl (C=O) groups is 1. The summed E-state index contributed by atoms with van der Waals surface area (Å²) in [5.74, 6) is 0.148. The van der Waals surface area contributed by atoms with E-state index >= 15 is 0 Å². The van der Waals surface area contributed by atoms with Crippen LogP contribution in [-0.4, -0.2) is 18.0 Å². The smallest absolute Gasteiger partial charge is 0.237 e. The molecule has 2 rings (SSSR count). The molecule has 0 aliphatic carbocycles. The normalized spacial score (nSPS) is 19.6. The molecule has 2 atom stereocenters. The highest BCUT2D eigenvalue weighted by atomic mass is 16.2. The van der Waals surface area contributed by atoms with E-state index in [9.17, 15) is 4.79 Å². The van der Waals surface area contributed by atoms with Crippen molar-refractivity contribution in [1.82, 2.24) is 10.6 Å². The van der Waals surface area contributed by atoms with Gasteiger partial charge in [0.1, 0.15) is 0 Å². The van der Waals surface area contributed by atoms with Crippen molar-refractivity contribution < 1.29 is 4.79 Å². The molecule has 2 N–H and O–H groups in total. The predicted octanol–water partition coefficient (Wildman–Crippen LogP) is 2.40. The number of fused-ring (bicyclic) bond motifs is 1. The van der Waals surface area contributed by atoms with Gasteiger partial charge in [-0.3, -0.25) is 4.79 Å². The van der Waals surface area contributed by atoms with Crippen LogP contribution >= 0.6 is 0 Å². The van der Waals surface area contributed by atoms with Crippen molar-refractivity contribution in [3.05, 3.63) is 35.4 Å². The molecule has 0 saturated heterocycles. The zero-order valence-corrected chi connectivity index (χ0v) is 11.9. The maximum absolute atomic E-state index is 12.3. The standard InChI is InChI=1S/C16H24N2O/c1-3-7-14(4-2)18-16(19)15-10-12-8-5-6-9-13(12)11-17-15/h5-6,8-9,14-15,17H,3-4,7,10-11H2,1-2H3,(H,18,19)/t14?,15-/m0/s1. The molecule has 1 amide bonds. The van der Waals surface area contributed by atoms with Crippen LogP contribution in [0.5, 0.6) is 0 Å². The molecule has 1 unspecified atom stereocenters. The summed E-state index contributed by atoms with van der Waals surface area (Å²) in [6.07, 6.45) is 3.97. The average Bonchev–Trinajstić information content (AvgIpc) is 2.46. The van der Waals surface area contributed by atoms with Crippen LogP contribution in [0.1, 0.15) is 44.2 Å². The second-order valence-corrected chi connectivity index (χ2v) is 5.31. The van der Waals surface area contributed by atoms with Gasteiger partial charge in [0.05, 0.1) is 6.04 Å². The minimum absolute atomic E-state index is 0.0826. The molecule has 1 aromatic rings. The van der Waals surface area contributed by atoms with Gasteiger partial charge in [-0.25, -0.2) is 0 Å². The first-order valence-electron chi connectivity index (χ1n) is 7.35. The Morgan fingerprint density at radius 3 is 2.79 bits per heavy atom. The van der Waals surface area contributed by atoms with Crippen molar-refractivity contribution in [2.75, 3.05) is 0 Å². The van der Waals surface area contributed by atoms with Crippen LogP contribution in [0.15, 0.2) is 24.3 Å². The Morgan fingerprint density at radius 2 is 2.11 bits per heavy atom. The van der Waals surface area contributed by atoms with Crippen molar-refractivity contribution in [3.63, 3.8) is 0 Å². The number of nitrogens with one attached hydrogen (secondary N) is 2. The molecule has 1 aliphatic rings. The zero-order valence-electron chi connectivity index (χ0n) is 11.9. The largest absolute Gasteiger partial charge is 0.352 e. The van der Waals surface area contributed by atoms with Gasteiger partial charge in [0.15, 0.2) is 0 Å². The number of hydrogen-bond donors (Lipinski definition) is 2. The monoisotopic (exact) mass is 260 g/mol. The highest BCUT2D eigenvalue weighted by Gasteiger charge is 2.24. The molecule has 1 heterocycles. The molecule has 0 radical (unpaired) electrons. The summed E-state index contributed by atoms with van der Waals surface area (Å²) in [7, 11) is 0. The summed E-state index contributed by atoms with van der Waals surface area (Å²) < 4.78 is 0. The van der Waals surface area contributed by atoms with E-state index in [1.165, 1.54) is 11.1 Å². The lowest BCUT2D eigenvalue weighted by atomic mass is 9.95. The summed E-state index contributed by atoms with van der Waals surface area (Å²) in [6, 6.07) is 8.58. The van der Waals surface area contributed by atoms with Crippen LogP contribution in [0.3, 0.4) is 0 Å². The summed E-state index contributed by atoms with van der Waals surface area (Å²) in [5, 5.41) is 6.50. The van der Waals surface area contributed by atoms with Crippen molar-refractivity contribution >= 4 is 5.91 Å². The first-order chi connectivity index (χ1) is 9.24. The Morgan fingerprint density at radius 1 is 1.37 bits per heavy atom. The van der Waals surface area contributed by atoms with Gasteiger partial charge in [0.2, 0.25) is 5.91 Å². The van der Waals surface area contributed by atoms with Crippen LogP contribution in [0.25, 0.3) is 0 Å². The summed E-state index contributed by atoms with van der Waals surface area (Å²) >= 11 is 0. The molecule has 0 spiro atoms. The topological polar surface area (TPSA) is 41.1 Å². The quantitative estimate of drug-likeness (QED) is 0.853. The summed E-state index contributed by atoms with van der Waals surface area (Å²) in [5.41, 5.74) is 2.61. The molecule has 0 fully saturated rings. The van der Waals surface area contributed by atoms with E-state index in [1.807, 2.05) is 6.07 Å². The van der Waals surface area contributed by atoms with Crippen LogP contribution in [0, 0.1) is 0 Å². The van der Waals surface area contributed by atoms with E-state index in [-0.39, 0.29) is 11.9 Å². The van der Waals surface area contributed by atoms with Gasteiger partial charge >= 0.3 is 0 Å². The summed E-state index contributed by atoms with van der Waals surface area (Å²) in [6.45, 7) is 5.08. The van der Waals surface area contributed by atoms with Crippen LogP contribution < -0.4 is 10.6 Å². The Balaban J connectivity index is 1.95. The van der Waals surface area contributed by atoms with Crippen LogP contribution in [-0.2, 0) is 17.8 Å². The van der Waals surface area contributed by atoms with Crippen molar-refractivity contribution in [1.29, 1.82) is 0 Å². The molecule has 0 aromatic heterocycles. The van der Waals surface area contributed by atoms with Crippen molar-refractivity contribution in [2.24, 2.45) is 0 Å². The van der Waals surface area contributed by atoms with E-state index in [0.717, 1.165) is 32.2 Å². The van der Waals surface area contributed by atoms with Gasteiger partial charge in [0, 0.05) is 12.6 Å². The second kappa shape index (κ2) is 6.71. The van der Waals surface area contributed by atoms with Gasteiger partial charge in [-0.2, -0.15) is 0 Å². The third-order valence-electron chi connectivity index (χ3n) is 3.87. The van der Waals surface area contributed by atoms with Gasteiger partial charge in [-0.1, -0.05) is 44.5 Å². The van der Waals surface area contributed by atoms with E-state index in [4.69, 9.17) is 0 Å². The van der Waals surface area contributed by atoms with E-state index < -0.39 is 0 Å². The zero-order chi connectivity index (χ0) is 13.7. The van der Waals surface area contributed by atoms with Gasteiger partial charge in [0.25, 0.3) is 0 Å². The minimum atomic E-state index is -0.0826. The fourth-order valence-electron chi connectivity index (χ4n) is 2.67. The van der Waals surface area contributed by atoms with Crippen LogP contribution in [0.4, 0.5) is 0 Å². The number of amides is 1. The number of hydrogen-bond acceptors (Lipinski definition) is 2. The highest BCUT2D eigenvalue weighted by molar-refractivity contribution is 5.82. The van der Waals surface area contributed by atoms with Gasteiger partial charge in [-0.15, -0.1) is 0 Å². The third kappa shape index (κ3) is 3.57. The number of benzene rings is 1. The molecule has 3 heteroatoms. The molecule has 1 aromatic carbocycles. The van der Waals surface area contributed by atoms with Gasteiger partial charge < -0.3 is 10.6 Å². The molecule has 3 nitrogen and oxygen atoms in total. The lowest BCUT2D eigenvalue weighted by Crippen LogP contribution is -2.50. The highest BCUT2D eigenvalue weighted by Crippen LogP contribution is 2.16. The third-order valence-corrected chi connectivity index (χ3v) is 3.87. The SMILES string of the molecule is CCCC(CC)NC(=O)[C@@H]1Cc2ccccc2CN1. The van der Waals surface area contributed by atoms with E-state index in [0.29, 0.717) is 6.04 Å². The maximum atomic E-state index is 12.3. The molecular weight excluding hydrogens is 236 g/mol. The molecule has 104 valence electrons. The van der Waals surface area contributed by atoms with Crippen molar-refractivity contribution in [2.45, 2.75) is 58.2 Å². The van der Waals surface area contributed by atoms with E-state index in [2.05, 4.69) is 42.7 Å². The molecule has 0 saturated carbocycles. The predicted molar refractivity (Wildman–Crippen MR) is 77.9 cm³/mol. The Labute approximate surface area is 115 Å². The average molecular weight is 260 g/mol. The molecular formula is C16H24N2O. The maximum Gasteiger partial charge on any atom is 0.237 e. The minimum Gasteiger partial charge on any atom is -0.352 e. The Hall–Kier alpha value is -1.35. The molecule has 1 aliphatic heterocycles. The lowest BCUT2D eigenvalue weighted by Gasteiger charge is -2.27. The van der Waals surface area contributed by atoms with Crippen molar-refractivity contribution in [3.8, 4) is 0 Å².